The molecule has 2 aromatic heterocycles. The number of rotatable bonds is 4. The van der Waals surface area contributed by atoms with Crippen molar-refractivity contribution in [3.05, 3.63) is 76.1 Å². The standard InChI is InChI=1S/C20H19N5OS/c1-13-8-9-17(14(2)10-13)25-12-21-23-20(25)27-11-18-22-16-7-5-4-6-15(16)19(26)24(18)3/h4-10,12H,11H2,1-3H3. The Labute approximate surface area is 160 Å². The van der Waals surface area contributed by atoms with Crippen molar-refractivity contribution in [1.29, 1.82) is 0 Å². The number of para-hydroxylation sites is 1. The number of thioether (sulfide) groups is 1. The summed E-state index contributed by atoms with van der Waals surface area (Å²) in [4.78, 5) is 17.2. The van der Waals surface area contributed by atoms with Gasteiger partial charge in [0, 0.05) is 7.05 Å². The van der Waals surface area contributed by atoms with Crippen molar-refractivity contribution in [2.45, 2.75) is 24.8 Å². The molecule has 7 heteroatoms. The Bertz CT molecular complexity index is 1190. The monoisotopic (exact) mass is 377 g/mol. The maximum absolute atomic E-state index is 12.6. The second-order valence-electron chi connectivity index (χ2n) is 6.47. The number of fused-ring (bicyclic) bond motifs is 1. The highest BCUT2D eigenvalue weighted by molar-refractivity contribution is 7.98. The molecule has 0 aliphatic heterocycles. The zero-order chi connectivity index (χ0) is 19.0. The fourth-order valence-electron chi connectivity index (χ4n) is 3.09. The van der Waals surface area contributed by atoms with Crippen LogP contribution in [0, 0.1) is 13.8 Å². The minimum atomic E-state index is -0.0351. The second-order valence-corrected chi connectivity index (χ2v) is 7.41. The van der Waals surface area contributed by atoms with E-state index in [4.69, 9.17) is 0 Å². The highest BCUT2D eigenvalue weighted by atomic mass is 32.2. The van der Waals surface area contributed by atoms with Crippen LogP contribution in [0.4, 0.5) is 0 Å². The van der Waals surface area contributed by atoms with E-state index in [9.17, 15) is 4.79 Å². The first kappa shape index (κ1) is 17.5. The molecule has 136 valence electrons. The van der Waals surface area contributed by atoms with Crippen LogP contribution in [-0.4, -0.2) is 24.3 Å². The van der Waals surface area contributed by atoms with E-state index in [1.54, 1.807) is 24.0 Å². The van der Waals surface area contributed by atoms with Crippen LogP contribution in [0.3, 0.4) is 0 Å². The van der Waals surface area contributed by atoms with Crippen LogP contribution < -0.4 is 5.56 Å². The molecule has 0 saturated carbocycles. The van der Waals surface area contributed by atoms with Crippen molar-refractivity contribution in [3.8, 4) is 5.69 Å². The van der Waals surface area contributed by atoms with Gasteiger partial charge in [-0.3, -0.25) is 13.9 Å². The molecule has 4 rings (SSSR count). The molecule has 0 aliphatic rings. The van der Waals surface area contributed by atoms with E-state index < -0.39 is 0 Å². The molecule has 0 aliphatic carbocycles. The van der Waals surface area contributed by atoms with Crippen LogP contribution >= 0.6 is 11.8 Å². The van der Waals surface area contributed by atoms with Gasteiger partial charge in [-0.05, 0) is 37.6 Å². The van der Waals surface area contributed by atoms with Gasteiger partial charge in [-0.2, -0.15) is 0 Å². The van der Waals surface area contributed by atoms with Crippen LogP contribution in [-0.2, 0) is 12.8 Å². The Kier molecular flexibility index (Phi) is 4.53. The molecule has 0 spiro atoms. The number of aromatic nitrogens is 5. The van der Waals surface area contributed by atoms with Gasteiger partial charge in [0.15, 0.2) is 5.16 Å². The highest BCUT2D eigenvalue weighted by Gasteiger charge is 2.13. The molecule has 27 heavy (non-hydrogen) atoms. The van der Waals surface area contributed by atoms with Crippen LogP contribution in [0.2, 0.25) is 0 Å². The Morgan fingerprint density at radius 2 is 1.93 bits per heavy atom. The fraction of sp³-hybridized carbons (Fsp3) is 0.200. The first-order chi connectivity index (χ1) is 13.0. The van der Waals surface area contributed by atoms with E-state index in [1.165, 1.54) is 17.3 Å². The molecule has 0 amide bonds. The minimum Gasteiger partial charge on any atom is -0.299 e. The topological polar surface area (TPSA) is 65.6 Å². The zero-order valence-corrected chi connectivity index (χ0v) is 16.2. The minimum absolute atomic E-state index is 0.0351. The summed E-state index contributed by atoms with van der Waals surface area (Å²) in [6.45, 7) is 4.15. The van der Waals surface area contributed by atoms with Crippen molar-refractivity contribution >= 4 is 22.7 Å². The Hall–Kier alpha value is -2.93. The SMILES string of the molecule is Cc1ccc(-n2cnnc2SCc2nc3ccccc3c(=O)n2C)c(C)c1. The van der Waals surface area contributed by atoms with Crippen molar-refractivity contribution in [3.63, 3.8) is 0 Å². The van der Waals surface area contributed by atoms with Gasteiger partial charge < -0.3 is 0 Å². The molecule has 4 aromatic rings. The molecular formula is C20H19N5OS. The van der Waals surface area contributed by atoms with Gasteiger partial charge in [-0.1, -0.05) is 41.6 Å². The van der Waals surface area contributed by atoms with Gasteiger partial charge in [-0.15, -0.1) is 10.2 Å². The lowest BCUT2D eigenvalue weighted by Gasteiger charge is -2.11. The lowest BCUT2D eigenvalue weighted by Crippen LogP contribution is -2.21. The number of aryl methyl sites for hydroxylation is 2. The predicted octanol–water partition coefficient (Wildman–Crippen LogP) is 3.42. The third kappa shape index (κ3) is 3.26. The van der Waals surface area contributed by atoms with Crippen LogP contribution in [0.25, 0.3) is 16.6 Å². The first-order valence-corrected chi connectivity index (χ1v) is 9.58. The molecule has 0 radical (unpaired) electrons. The molecule has 0 unspecified atom stereocenters. The molecule has 0 fully saturated rings. The van der Waals surface area contributed by atoms with E-state index in [0.717, 1.165) is 16.4 Å². The molecule has 0 saturated heterocycles. The fourth-order valence-corrected chi connectivity index (χ4v) is 3.99. The summed E-state index contributed by atoms with van der Waals surface area (Å²) < 4.78 is 3.58. The quantitative estimate of drug-likeness (QED) is 0.510. The maximum atomic E-state index is 12.6. The second kappa shape index (κ2) is 7.00. The van der Waals surface area contributed by atoms with Crippen LogP contribution in [0.1, 0.15) is 17.0 Å². The number of hydrogen-bond acceptors (Lipinski definition) is 5. The van der Waals surface area contributed by atoms with Gasteiger partial charge in [0.05, 0.1) is 22.3 Å². The van der Waals surface area contributed by atoms with Gasteiger partial charge in [0.25, 0.3) is 5.56 Å². The predicted molar refractivity (Wildman–Crippen MR) is 107 cm³/mol. The normalized spacial score (nSPS) is 11.2. The van der Waals surface area contributed by atoms with Gasteiger partial charge in [0.1, 0.15) is 12.2 Å². The highest BCUT2D eigenvalue weighted by Crippen LogP contribution is 2.25. The van der Waals surface area contributed by atoms with E-state index in [2.05, 4.69) is 47.2 Å². The largest absolute Gasteiger partial charge is 0.299 e. The Balaban J connectivity index is 1.66. The van der Waals surface area contributed by atoms with E-state index >= 15 is 0 Å². The van der Waals surface area contributed by atoms with Crippen molar-refractivity contribution in [2.75, 3.05) is 0 Å². The van der Waals surface area contributed by atoms with Gasteiger partial charge >= 0.3 is 0 Å². The van der Waals surface area contributed by atoms with E-state index in [1.807, 2.05) is 22.8 Å². The van der Waals surface area contributed by atoms with Crippen LogP contribution in [0.5, 0.6) is 0 Å². The maximum Gasteiger partial charge on any atom is 0.261 e. The molecule has 6 nitrogen and oxygen atoms in total. The summed E-state index contributed by atoms with van der Waals surface area (Å²) in [5.74, 6) is 1.24. The van der Waals surface area contributed by atoms with Crippen molar-refractivity contribution < 1.29 is 0 Å². The number of hydrogen-bond donors (Lipinski definition) is 0. The third-order valence-corrected chi connectivity index (χ3v) is 5.47. The van der Waals surface area contributed by atoms with Gasteiger partial charge in [-0.25, -0.2) is 4.98 Å². The van der Waals surface area contributed by atoms with Gasteiger partial charge in [0.2, 0.25) is 0 Å². The summed E-state index contributed by atoms with van der Waals surface area (Å²) in [6.07, 6.45) is 1.72. The molecule has 2 heterocycles. The summed E-state index contributed by atoms with van der Waals surface area (Å²) in [6, 6.07) is 13.7. The summed E-state index contributed by atoms with van der Waals surface area (Å²) >= 11 is 1.51. The summed E-state index contributed by atoms with van der Waals surface area (Å²) in [7, 11) is 1.76. The number of nitrogens with zero attached hydrogens (tertiary/aromatic N) is 5. The van der Waals surface area contributed by atoms with Crippen LogP contribution in [0.15, 0.2) is 58.7 Å². The molecular weight excluding hydrogens is 358 g/mol. The van der Waals surface area contributed by atoms with E-state index in [0.29, 0.717) is 22.5 Å². The first-order valence-electron chi connectivity index (χ1n) is 8.59. The lowest BCUT2D eigenvalue weighted by atomic mass is 10.1. The van der Waals surface area contributed by atoms with Crippen molar-refractivity contribution in [1.82, 2.24) is 24.3 Å². The molecule has 2 aromatic carbocycles. The molecule has 0 N–H and O–H groups in total. The zero-order valence-electron chi connectivity index (χ0n) is 15.4. The summed E-state index contributed by atoms with van der Waals surface area (Å²) in [5, 5.41) is 9.71. The molecule has 0 bridgehead atoms. The Morgan fingerprint density at radius 3 is 2.74 bits per heavy atom. The van der Waals surface area contributed by atoms with E-state index in [-0.39, 0.29) is 5.56 Å². The molecule has 0 atom stereocenters. The third-order valence-electron chi connectivity index (χ3n) is 4.53. The number of benzene rings is 2. The average molecular weight is 377 g/mol. The average Bonchev–Trinajstić information content (AvgIpc) is 3.12. The Morgan fingerprint density at radius 1 is 1.11 bits per heavy atom. The summed E-state index contributed by atoms with van der Waals surface area (Å²) in [5.41, 5.74) is 4.11. The smallest absolute Gasteiger partial charge is 0.261 e. The van der Waals surface area contributed by atoms with Crippen molar-refractivity contribution in [2.24, 2.45) is 7.05 Å². The lowest BCUT2D eigenvalue weighted by molar-refractivity contribution is 0.782.